The smallest absolute Gasteiger partial charge is 0.311 e. The first-order valence-corrected chi connectivity index (χ1v) is 11.5. The van der Waals surface area contributed by atoms with Crippen LogP contribution >= 0.6 is 0 Å². The molecule has 2 aliphatic heterocycles. The second kappa shape index (κ2) is 9.64. The Hall–Kier alpha value is -4.29. The Morgan fingerprint density at radius 2 is 1.89 bits per heavy atom. The van der Waals surface area contributed by atoms with E-state index >= 15 is 0 Å². The van der Waals surface area contributed by atoms with E-state index in [1.807, 2.05) is 0 Å². The van der Waals surface area contributed by atoms with Gasteiger partial charge in [0.25, 0.3) is 11.8 Å². The molecule has 2 atom stereocenters. The lowest BCUT2D eigenvalue weighted by atomic mass is 10.0. The highest BCUT2D eigenvalue weighted by Crippen LogP contribution is 2.42. The van der Waals surface area contributed by atoms with E-state index in [0.717, 1.165) is 17.0 Å². The third-order valence-corrected chi connectivity index (χ3v) is 6.52. The van der Waals surface area contributed by atoms with Gasteiger partial charge < -0.3 is 30.1 Å². The van der Waals surface area contributed by atoms with E-state index in [-0.39, 0.29) is 29.9 Å². The average molecular weight is 517 g/mol. The Bertz CT molecular complexity index is 1390. The van der Waals surface area contributed by atoms with E-state index < -0.39 is 70.6 Å². The van der Waals surface area contributed by atoms with Crippen LogP contribution in [0.3, 0.4) is 0 Å². The average Bonchev–Trinajstić information content (AvgIpc) is 3.18. The van der Waals surface area contributed by atoms with Crippen molar-refractivity contribution in [1.29, 1.82) is 0 Å². The van der Waals surface area contributed by atoms with Gasteiger partial charge in [0.1, 0.15) is 17.2 Å². The monoisotopic (exact) mass is 517 g/mol. The third kappa shape index (κ3) is 4.41. The zero-order valence-electron chi connectivity index (χ0n) is 20.3. The number of hydrogen-bond donors (Lipinski definition) is 3. The molecule has 13 heteroatoms. The molecule has 1 aromatic carbocycles. The molecule has 0 saturated carbocycles. The van der Waals surface area contributed by atoms with Crippen LogP contribution in [-0.4, -0.2) is 70.3 Å². The largest absolute Gasteiger partial charge is 0.503 e. The van der Waals surface area contributed by atoms with Crippen LogP contribution in [0, 0.1) is 11.6 Å². The molecule has 37 heavy (non-hydrogen) atoms. The quantitative estimate of drug-likeness (QED) is 0.492. The van der Waals surface area contributed by atoms with E-state index in [1.165, 1.54) is 23.6 Å². The summed E-state index contributed by atoms with van der Waals surface area (Å²) in [5.41, 5.74) is -2.10. The van der Waals surface area contributed by atoms with Gasteiger partial charge in [-0.2, -0.15) is 0 Å². The fourth-order valence-electron chi connectivity index (χ4n) is 4.73. The standard InChI is InChI=1S/C24H25F2N5O6/c1-4-30-10-13-8-15(28-22(35)24(37)29(2)3)17-16(19(32)20(33)18(23(30)36)31(13)17)21(34)27-9-11-5-6-12(25)7-14(11)26/h5-7,13,15,33H,4,8-10H2,1-3H3,(H,27,34)(H,28,35)/t13-,15?/m0/s1. The zero-order chi connectivity index (χ0) is 27.2. The van der Waals surface area contributed by atoms with Crippen LogP contribution in [0.15, 0.2) is 23.0 Å². The number of likely N-dealkylation sites (N-methyl/N-ethyl adjacent to an activating group) is 2. The number of hydrogen-bond acceptors (Lipinski definition) is 6. The number of pyridine rings is 1. The molecule has 196 valence electrons. The van der Waals surface area contributed by atoms with Crippen molar-refractivity contribution in [2.24, 2.45) is 0 Å². The van der Waals surface area contributed by atoms with E-state index in [9.17, 15) is 37.9 Å². The normalized spacial score (nSPS) is 17.9. The number of amides is 4. The first-order valence-electron chi connectivity index (χ1n) is 11.5. The second-order valence-electron chi connectivity index (χ2n) is 9.03. The molecule has 0 saturated heterocycles. The molecule has 2 aliphatic rings. The molecule has 3 heterocycles. The number of carbonyl (C=O) groups excluding carboxylic acids is 4. The molecule has 1 aromatic heterocycles. The molecule has 4 rings (SSSR count). The molecule has 0 spiro atoms. The molecule has 3 N–H and O–H groups in total. The summed E-state index contributed by atoms with van der Waals surface area (Å²) in [7, 11) is 2.76. The molecule has 4 amide bonds. The van der Waals surface area contributed by atoms with Gasteiger partial charge in [-0.3, -0.25) is 24.0 Å². The summed E-state index contributed by atoms with van der Waals surface area (Å²) in [5.74, 6) is -6.11. The summed E-state index contributed by atoms with van der Waals surface area (Å²) in [6.07, 6.45) is 0.138. The van der Waals surface area contributed by atoms with E-state index in [0.29, 0.717) is 12.6 Å². The van der Waals surface area contributed by atoms with Crippen LogP contribution in [0.25, 0.3) is 0 Å². The summed E-state index contributed by atoms with van der Waals surface area (Å²) in [6, 6.07) is 1.26. The first kappa shape index (κ1) is 25.8. The van der Waals surface area contributed by atoms with E-state index in [1.54, 1.807) is 6.92 Å². The van der Waals surface area contributed by atoms with Gasteiger partial charge in [-0.25, -0.2) is 8.78 Å². The predicted molar refractivity (Wildman–Crippen MR) is 125 cm³/mol. The van der Waals surface area contributed by atoms with Crippen LogP contribution in [0.4, 0.5) is 8.78 Å². The van der Waals surface area contributed by atoms with Crippen molar-refractivity contribution >= 4 is 23.6 Å². The number of rotatable bonds is 5. The Labute approximate surface area is 209 Å². The maximum atomic E-state index is 14.1. The summed E-state index contributed by atoms with van der Waals surface area (Å²) in [4.78, 5) is 66.7. The van der Waals surface area contributed by atoms with Gasteiger partial charge in [0, 0.05) is 45.4 Å². The highest BCUT2D eigenvalue weighted by molar-refractivity contribution is 6.34. The lowest BCUT2D eigenvalue weighted by Crippen LogP contribution is -2.44. The number of aromatic nitrogens is 1. The molecule has 0 fully saturated rings. The van der Waals surface area contributed by atoms with Gasteiger partial charge in [0.05, 0.1) is 17.8 Å². The van der Waals surface area contributed by atoms with Crippen LogP contribution < -0.4 is 16.1 Å². The van der Waals surface area contributed by atoms with Crippen molar-refractivity contribution < 1.29 is 33.1 Å². The summed E-state index contributed by atoms with van der Waals surface area (Å²) >= 11 is 0. The third-order valence-electron chi connectivity index (χ3n) is 6.52. The van der Waals surface area contributed by atoms with Crippen molar-refractivity contribution in [3.05, 3.63) is 62.6 Å². The Kier molecular flexibility index (Phi) is 6.72. The SMILES string of the molecule is CCN1C[C@@H]2CC(NC(=O)C(=O)N(C)C)c3c(C(=O)NCc4ccc(F)cc4F)c(=O)c(O)c(n32)C1=O. The summed E-state index contributed by atoms with van der Waals surface area (Å²) in [6.45, 7) is 1.80. The molecular weight excluding hydrogens is 492 g/mol. The highest BCUT2D eigenvalue weighted by atomic mass is 19.1. The van der Waals surface area contributed by atoms with Gasteiger partial charge in [-0.1, -0.05) is 6.07 Å². The fourth-order valence-corrected chi connectivity index (χ4v) is 4.73. The highest BCUT2D eigenvalue weighted by Gasteiger charge is 2.45. The second-order valence-corrected chi connectivity index (χ2v) is 9.03. The number of benzene rings is 1. The molecular formula is C24H25F2N5O6. The number of carbonyl (C=O) groups is 4. The first-order chi connectivity index (χ1) is 17.5. The summed E-state index contributed by atoms with van der Waals surface area (Å²) < 4.78 is 28.6. The number of nitrogens with one attached hydrogen (secondary N) is 2. The van der Waals surface area contributed by atoms with Gasteiger partial charge in [-0.15, -0.1) is 0 Å². The molecule has 0 bridgehead atoms. The minimum atomic E-state index is -1.15. The Balaban J connectivity index is 1.79. The molecule has 1 unspecified atom stereocenters. The van der Waals surface area contributed by atoms with Crippen molar-refractivity contribution in [3.8, 4) is 5.75 Å². The fraction of sp³-hybridized carbons (Fsp3) is 0.375. The van der Waals surface area contributed by atoms with E-state index in [2.05, 4.69) is 10.6 Å². The lowest BCUT2D eigenvalue weighted by Gasteiger charge is -2.33. The Morgan fingerprint density at radius 1 is 1.19 bits per heavy atom. The molecule has 2 aromatic rings. The number of aromatic hydroxyl groups is 1. The van der Waals surface area contributed by atoms with Crippen LogP contribution in [-0.2, 0) is 16.1 Å². The van der Waals surface area contributed by atoms with Gasteiger partial charge in [-0.05, 0) is 19.4 Å². The molecule has 0 radical (unpaired) electrons. The molecule has 0 aliphatic carbocycles. The van der Waals surface area contributed by atoms with Crippen molar-refractivity contribution in [2.45, 2.75) is 32.0 Å². The number of nitrogens with zero attached hydrogens (tertiary/aromatic N) is 3. The topological polar surface area (TPSA) is 141 Å². The maximum Gasteiger partial charge on any atom is 0.311 e. The zero-order valence-corrected chi connectivity index (χ0v) is 20.3. The van der Waals surface area contributed by atoms with E-state index in [4.69, 9.17) is 0 Å². The van der Waals surface area contributed by atoms with Crippen LogP contribution in [0.1, 0.15) is 57.5 Å². The van der Waals surface area contributed by atoms with Crippen molar-refractivity contribution in [2.75, 3.05) is 27.2 Å². The van der Waals surface area contributed by atoms with Crippen LogP contribution in [0.5, 0.6) is 5.75 Å². The minimum Gasteiger partial charge on any atom is -0.503 e. The van der Waals surface area contributed by atoms with Crippen molar-refractivity contribution in [1.82, 2.24) is 25.0 Å². The molecule has 11 nitrogen and oxygen atoms in total. The van der Waals surface area contributed by atoms with Gasteiger partial charge in [0.2, 0.25) is 5.43 Å². The summed E-state index contributed by atoms with van der Waals surface area (Å²) in [5, 5.41) is 15.6. The van der Waals surface area contributed by atoms with Gasteiger partial charge >= 0.3 is 11.8 Å². The lowest BCUT2D eigenvalue weighted by molar-refractivity contribution is -0.144. The van der Waals surface area contributed by atoms with Crippen LogP contribution in [0.2, 0.25) is 0 Å². The predicted octanol–water partition coefficient (Wildman–Crippen LogP) is 0.428. The van der Waals surface area contributed by atoms with Gasteiger partial charge in [0.15, 0.2) is 11.4 Å². The number of halogens is 2. The Morgan fingerprint density at radius 3 is 2.51 bits per heavy atom. The maximum absolute atomic E-state index is 14.1. The minimum absolute atomic E-state index is 0.0381. The van der Waals surface area contributed by atoms with Crippen molar-refractivity contribution in [3.63, 3.8) is 0 Å².